The number of nitrogens with one attached hydrogen (secondary N) is 1. The van der Waals surface area contributed by atoms with Crippen LogP contribution in [0.3, 0.4) is 0 Å². The van der Waals surface area contributed by atoms with E-state index in [4.69, 9.17) is 0 Å². The van der Waals surface area contributed by atoms with Crippen LogP contribution in [0.1, 0.15) is 66.2 Å². The highest BCUT2D eigenvalue weighted by Crippen LogP contribution is 2.61. The zero-order valence-corrected chi connectivity index (χ0v) is 13.0. The van der Waals surface area contributed by atoms with Crippen molar-refractivity contribution in [3.05, 3.63) is 0 Å². The lowest BCUT2D eigenvalue weighted by Gasteiger charge is -2.34. The van der Waals surface area contributed by atoms with Crippen LogP contribution in [0.25, 0.3) is 0 Å². The average molecular weight is 251 g/mol. The molecule has 2 saturated carbocycles. The van der Waals surface area contributed by atoms with Crippen molar-refractivity contribution < 1.29 is 0 Å². The Morgan fingerprint density at radius 1 is 1.17 bits per heavy atom. The van der Waals surface area contributed by atoms with Crippen LogP contribution >= 0.6 is 0 Å². The van der Waals surface area contributed by atoms with Crippen LogP contribution in [0.4, 0.5) is 0 Å². The molecule has 3 atom stereocenters. The maximum absolute atomic E-state index is 3.72. The lowest BCUT2D eigenvalue weighted by Crippen LogP contribution is -2.35. The first kappa shape index (κ1) is 14.4. The molecule has 0 aromatic heterocycles. The quantitative estimate of drug-likeness (QED) is 0.627. The van der Waals surface area contributed by atoms with Gasteiger partial charge in [0.2, 0.25) is 0 Å². The van der Waals surface area contributed by atoms with Crippen LogP contribution in [-0.2, 0) is 0 Å². The zero-order valence-electron chi connectivity index (χ0n) is 13.0. The molecule has 3 unspecified atom stereocenters. The monoisotopic (exact) mass is 251 g/mol. The maximum atomic E-state index is 3.72. The van der Waals surface area contributed by atoms with Crippen molar-refractivity contribution in [3.63, 3.8) is 0 Å². The fourth-order valence-electron chi connectivity index (χ4n) is 4.55. The van der Waals surface area contributed by atoms with E-state index in [1.165, 1.54) is 45.2 Å². The van der Waals surface area contributed by atoms with E-state index < -0.39 is 0 Å². The molecule has 0 heterocycles. The van der Waals surface area contributed by atoms with Gasteiger partial charge in [0.25, 0.3) is 0 Å². The van der Waals surface area contributed by atoms with Gasteiger partial charge in [-0.25, -0.2) is 0 Å². The summed E-state index contributed by atoms with van der Waals surface area (Å²) in [7, 11) is 0. The smallest absolute Gasteiger partial charge is 0.000811 e. The van der Waals surface area contributed by atoms with Crippen LogP contribution in [0.5, 0.6) is 0 Å². The Hall–Kier alpha value is -0.0400. The molecule has 0 aliphatic heterocycles. The minimum absolute atomic E-state index is 0.664. The number of hydrogen-bond acceptors (Lipinski definition) is 1. The van der Waals surface area contributed by atoms with Crippen LogP contribution in [0.2, 0.25) is 0 Å². The Kier molecular flexibility index (Phi) is 4.75. The highest BCUT2D eigenvalue weighted by atomic mass is 14.9. The van der Waals surface area contributed by atoms with E-state index in [-0.39, 0.29) is 0 Å². The van der Waals surface area contributed by atoms with Crippen LogP contribution in [0.15, 0.2) is 0 Å². The Morgan fingerprint density at radius 3 is 2.39 bits per heavy atom. The standard InChI is InChI=1S/C17H33N/c1-5-6-18-12-17(9-14(4)7-13(2)3)10-15-8-16(15)11-17/h13-16,18H,5-12H2,1-4H3. The Bertz CT molecular complexity index is 248. The summed E-state index contributed by atoms with van der Waals surface area (Å²) in [4.78, 5) is 0. The van der Waals surface area contributed by atoms with Gasteiger partial charge in [-0.3, -0.25) is 0 Å². The van der Waals surface area contributed by atoms with E-state index in [2.05, 4.69) is 33.0 Å². The molecule has 18 heavy (non-hydrogen) atoms. The SMILES string of the molecule is CCCNCC1(CC(C)CC(C)C)CC2CC2C1. The molecule has 0 saturated heterocycles. The zero-order chi connectivity index (χ0) is 13.2. The third-order valence-electron chi connectivity index (χ3n) is 5.04. The molecule has 0 aromatic rings. The molecule has 0 aromatic carbocycles. The molecule has 106 valence electrons. The van der Waals surface area contributed by atoms with Gasteiger partial charge in [-0.1, -0.05) is 27.7 Å². The molecule has 2 aliphatic rings. The first-order chi connectivity index (χ1) is 8.54. The first-order valence-electron chi connectivity index (χ1n) is 8.25. The van der Waals surface area contributed by atoms with E-state index in [0.717, 1.165) is 23.7 Å². The van der Waals surface area contributed by atoms with E-state index >= 15 is 0 Å². The fraction of sp³-hybridized carbons (Fsp3) is 1.00. The van der Waals surface area contributed by atoms with Crippen molar-refractivity contribution in [2.75, 3.05) is 13.1 Å². The molecule has 0 bridgehead atoms. The van der Waals surface area contributed by atoms with Gasteiger partial charge in [0.15, 0.2) is 0 Å². The highest BCUT2D eigenvalue weighted by Gasteiger charge is 2.53. The van der Waals surface area contributed by atoms with E-state index in [0.29, 0.717) is 5.41 Å². The second kappa shape index (κ2) is 5.94. The molecule has 1 N–H and O–H groups in total. The topological polar surface area (TPSA) is 12.0 Å². The van der Waals surface area contributed by atoms with E-state index in [9.17, 15) is 0 Å². The van der Waals surface area contributed by atoms with Gasteiger partial charge >= 0.3 is 0 Å². The van der Waals surface area contributed by atoms with Crippen LogP contribution < -0.4 is 5.32 Å². The number of rotatable bonds is 8. The summed E-state index contributed by atoms with van der Waals surface area (Å²) in [6, 6.07) is 0. The second-order valence-electron chi connectivity index (χ2n) is 7.78. The normalized spacial score (nSPS) is 35.8. The van der Waals surface area contributed by atoms with Crippen molar-refractivity contribution >= 4 is 0 Å². The molecular weight excluding hydrogens is 218 g/mol. The summed E-state index contributed by atoms with van der Waals surface area (Å²) in [6.07, 6.45) is 8.74. The van der Waals surface area contributed by atoms with Gasteiger partial charge in [-0.15, -0.1) is 0 Å². The first-order valence-corrected chi connectivity index (χ1v) is 8.25. The van der Waals surface area contributed by atoms with E-state index in [1.807, 2.05) is 0 Å². The molecule has 2 fully saturated rings. The van der Waals surface area contributed by atoms with Crippen molar-refractivity contribution in [1.29, 1.82) is 0 Å². The van der Waals surface area contributed by atoms with Crippen LogP contribution in [-0.4, -0.2) is 13.1 Å². The van der Waals surface area contributed by atoms with Gasteiger partial charge in [0.05, 0.1) is 0 Å². The van der Waals surface area contributed by atoms with Crippen LogP contribution in [0, 0.1) is 29.1 Å². The molecule has 0 amide bonds. The van der Waals surface area contributed by atoms with Gasteiger partial charge in [-0.2, -0.15) is 0 Å². The lowest BCUT2D eigenvalue weighted by molar-refractivity contribution is 0.184. The Morgan fingerprint density at radius 2 is 1.83 bits per heavy atom. The summed E-state index contributed by atoms with van der Waals surface area (Å²) in [5, 5.41) is 3.72. The molecule has 0 spiro atoms. The summed E-state index contributed by atoms with van der Waals surface area (Å²) in [5.41, 5.74) is 0.664. The molecule has 0 radical (unpaired) electrons. The fourth-order valence-corrected chi connectivity index (χ4v) is 4.55. The predicted octanol–water partition coefficient (Wildman–Crippen LogP) is 4.47. The molecular formula is C17H33N. The minimum Gasteiger partial charge on any atom is -0.316 e. The van der Waals surface area contributed by atoms with Gasteiger partial charge < -0.3 is 5.32 Å². The van der Waals surface area contributed by atoms with Crippen molar-refractivity contribution in [2.24, 2.45) is 29.1 Å². The molecule has 2 aliphatic carbocycles. The van der Waals surface area contributed by atoms with Gasteiger partial charge in [-0.05, 0) is 74.2 Å². The van der Waals surface area contributed by atoms with Crippen molar-refractivity contribution in [3.8, 4) is 0 Å². The van der Waals surface area contributed by atoms with Crippen molar-refractivity contribution in [1.82, 2.24) is 5.32 Å². The summed E-state index contributed by atoms with van der Waals surface area (Å²) in [6.45, 7) is 12.0. The van der Waals surface area contributed by atoms with E-state index in [1.54, 1.807) is 6.42 Å². The largest absolute Gasteiger partial charge is 0.316 e. The third kappa shape index (κ3) is 3.73. The lowest BCUT2D eigenvalue weighted by atomic mass is 9.74. The van der Waals surface area contributed by atoms with Gasteiger partial charge in [0, 0.05) is 6.54 Å². The summed E-state index contributed by atoms with van der Waals surface area (Å²) >= 11 is 0. The Labute approximate surface area is 114 Å². The summed E-state index contributed by atoms with van der Waals surface area (Å²) < 4.78 is 0. The number of hydrogen-bond donors (Lipinski definition) is 1. The maximum Gasteiger partial charge on any atom is 0.000811 e. The molecule has 1 heteroatoms. The third-order valence-corrected chi connectivity index (χ3v) is 5.04. The van der Waals surface area contributed by atoms with Crippen molar-refractivity contribution in [2.45, 2.75) is 66.2 Å². The predicted molar refractivity (Wildman–Crippen MR) is 79.7 cm³/mol. The minimum atomic E-state index is 0.664. The molecule has 2 rings (SSSR count). The molecule has 1 nitrogen and oxygen atoms in total. The highest BCUT2D eigenvalue weighted by molar-refractivity contribution is 5.04. The average Bonchev–Trinajstić information content (AvgIpc) is 2.86. The summed E-state index contributed by atoms with van der Waals surface area (Å²) in [5.74, 6) is 3.99. The number of fused-ring (bicyclic) bond motifs is 1. The second-order valence-corrected chi connectivity index (χ2v) is 7.78. The van der Waals surface area contributed by atoms with Gasteiger partial charge in [0.1, 0.15) is 0 Å². The Balaban J connectivity index is 1.84.